The molecule has 1 heterocycles. The van der Waals surface area contributed by atoms with Crippen molar-refractivity contribution >= 4 is 11.7 Å². The highest BCUT2D eigenvalue weighted by Crippen LogP contribution is 2.41. The fourth-order valence-corrected chi connectivity index (χ4v) is 3.84. The summed E-state index contributed by atoms with van der Waals surface area (Å²) in [7, 11) is 1.69. The highest BCUT2D eigenvalue weighted by atomic mass is 16.5. The van der Waals surface area contributed by atoms with Crippen molar-refractivity contribution in [3.63, 3.8) is 0 Å². The van der Waals surface area contributed by atoms with Gasteiger partial charge in [-0.15, -0.1) is 0 Å². The van der Waals surface area contributed by atoms with Crippen molar-refractivity contribution in [2.45, 2.75) is 32.7 Å². The van der Waals surface area contributed by atoms with Gasteiger partial charge in [-0.3, -0.25) is 0 Å². The lowest BCUT2D eigenvalue weighted by atomic mass is 9.82. The summed E-state index contributed by atoms with van der Waals surface area (Å²) >= 11 is 0. The summed E-state index contributed by atoms with van der Waals surface area (Å²) in [4.78, 5) is 12.3. The molecule has 128 valence electrons. The van der Waals surface area contributed by atoms with Gasteiger partial charge in [0.2, 0.25) is 0 Å². The average molecular weight is 334 g/mol. The lowest BCUT2D eigenvalue weighted by molar-refractivity contribution is 0.240. The largest absolute Gasteiger partial charge is 0.496 e. The number of hydrogen-bond donors (Lipinski definition) is 2. The molecule has 2 N–H and O–H groups in total. The number of benzene rings is 2. The van der Waals surface area contributed by atoms with Crippen LogP contribution < -0.4 is 15.4 Å². The molecule has 2 amide bonds. The van der Waals surface area contributed by atoms with Gasteiger partial charge in [0.1, 0.15) is 5.75 Å². The normalized spacial score (nSPS) is 18.8. The van der Waals surface area contributed by atoms with Crippen LogP contribution in [0.4, 0.5) is 4.79 Å². The molecule has 4 nitrogen and oxygen atoms in total. The number of rotatable bonds is 2. The van der Waals surface area contributed by atoms with Crippen molar-refractivity contribution in [2.75, 3.05) is 7.11 Å². The Labute approximate surface area is 147 Å². The van der Waals surface area contributed by atoms with Crippen molar-refractivity contribution in [3.05, 3.63) is 69.8 Å². The maximum absolute atomic E-state index is 12.3. The molecule has 4 rings (SSSR count). The van der Waals surface area contributed by atoms with Gasteiger partial charge in [0.15, 0.2) is 0 Å². The molecule has 2 aliphatic rings. The molecule has 4 heteroatoms. The number of hydrogen-bond acceptors (Lipinski definition) is 2. The van der Waals surface area contributed by atoms with E-state index in [4.69, 9.17) is 4.74 Å². The Morgan fingerprint density at radius 2 is 1.92 bits per heavy atom. The third kappa shape index (κ3) is 2.58. The number of amides is 2. The molecule has 0 bridgehead atoms. The van der Waals surface area contributed by atoms with Gasteiger partial charge in [-0.25, -0.2) is 4.79 Å². The van der Waals surface area contributed by atoms with E-state index in [0.717, 1.165) is 35.4 Å². The molecule has 0 saturated carbocycles. The van der Waals surface area contributed by atoms with Crippen LogP contribution in [-0.2, 0) is 6.42 Å². The fourth-order valence-electron chi connectivity index (χ4n) is 3.84. The number of fused-ring (bicyclic) bond motifs is 2. The molecule has 2 aromatic rings. The fraction of sp³-hybridized carbons (Fsp3) is 0.286. The summed E-state index contributed by atoms with van der Waals surface area (Å²) in [5, 5.41) is 6.12. The number of aryl methyl sites for hydroxylation is 2. The lowest BCUT2D eigenvalue weighted by Crippen LogP contribution is -2.44. The molecule has 1 unspecified atom stereocenters. The highest BCUT2D eigenvalue weighted by Gasteiger charge is 2.33. The Bertz CT molecular complexity index is 899. The number of carbonyl (C=O) groups is 1. The van der Waals surface area contributed by atoms with Gasteiger partial charge in [0, 0.05) is 11.1 Å². The Hall–Kier alpha value is -2.75. The topological polar surface area (TPSA) is 50.4 Å². The van der Waals surface area contributed by atoms with Crippen LogP contribution in [-0.4, -0.2) is 13.1 Å². The molecule has 2 aromatic carbocycles. The van der Waals surface area contributed by atoms with Crippen molar-refractivity contribution in [1.29, 1.82) is 0 Å². The zero-order valence-corrected chi connectivity index (χ0v) is 14.8. The molecule has 0 saturated heterocycles. The number of methoxy groups -OCH3 is 1. The van der Waals surface area contributed by atoms with E-state index in [1.807, 2.05) is 12.1 Å². The second-order valence-corrected chi connectivity index (χ2v) is 6.76. The quantitative estimate of drug-likeness (QED) is 0.871. The average Bonchev–Trinajstić information content (AvgIpc) is 2.62. The first-order valence-electron chi connectivity index (χ1n) is 8.62. The Morgan fingerprint density at radius 3 is 2.68 bits per heavy atom. The summed E-state index contributed by atoms with van der Waals surface area (Å²) in [5.41, 5.74) is 8.06. The lowest BCUT2D eigenvalue weighted by Gasteiger charge is -2.35. The van der Waals surface area contributed by atoms with Crippen molar-refractivity contribution in [1.82, 2.24) is 10.6 Å². The van der Waals surface area contributed by atoms with Gasteiger partial charge < -0.3 is 15.4 Å². The van der Waals surface area contributed by atoms with Crippen LogP contribution in [0.2, 0.25) is 0 Å². The van der Waals surface area contributed by atoms with Crippen molar-refractivity contribution in [2.24, 2.45) is 0 Å². The summed E-state index contributed by atoms with van der Waals surface area (Å²) in [5.74, 6) is 0.888. The van der Waals surface area contributed by atoms with E-state index in [2.05, 4.69) is 48.7 Å². The summed E-state index contributed by atoms with van der Waals surface area (Å²) < 4.78 is 5.51. The molecule has 0 aromatic heterocycles. The predicted octanol–water partition coefficient (Wildman–Crippen LogP) is 4.02. The van der Waals surface area contributed by atoms with Gasteiger partial charge >= 0.3 is 6.03 Å². The predicted molar refractivity (Wildman–Crippen MR) is 98.6 cm³/mol. The van der Waals surface area contributed by atoms with Crippen LogP contribution in [0.15, 0.2) is 42.0 Å². The van der Waals surface area contributed by atoms with E-state index < -0.39 is 0 Å². The van der Waals surface area contributed by atoms with Gasteiger partial charge in [-0.05, 0) is 55.0 Å². The minimum atomic E-state index is -0.155. The first-order chi connectivity index (χ1) is 12.1. The summed E-state index contributed by atoms with van der Waals surface area (Å²) in [6.45, 7) is 4.21. The van der Waals surface area contributed by atoms with Crippen molar-refractivity contribution in [3.8, 4) is 5.75 Å². The molecule has 1 aliphatic carbocycles. The molecule has 0 spiro atoms. The smallest absolute Gasteiger partial charge is 0.319 e. The van der Waals surface area contributed by atoms with Crippen LogP contribution in [0.1, 0.15) is 40.3 Å². The maximum atomic E-state index is 12.3. The van der Waals surface area contributed by atoms with Gasteiger partial charge in [-0.2, -0.15) is 0 Å². The van der Waals surface area contributed by atoms with Gasteiger partial charge in [-0.1, -0.05) is 30.3 Å². The first kappa shape index (κ1) is 15.8. The Balaban J connectivity index is 1.85. The van der Waals surface area contributed by atoms with Crippen molar-refractivity contribution < 1.29 is 9.53 Å². The van der Waals surface area contributed by atoms with Gasteiger partial charge in [0.25, 0.3) is 0 Å². The van der Waals surface area contributed by atoms with E-state index in [1.54, 1.807) is 7.11 Å². The van der Waals surface area contributed by atoms with Gasteiger partial charge in [0.05, 0.1) is 18.8 Å². The van der Waals surface area contributed by atoms with Crippen LogP contribution in [0.25, 0.3) is 5.70 Å². The molecule has 25 heavy (non-hydrogen) atoms. The Morgan fingerprint density at radius 1 is 1.08 bits per heavy atom. The molecule has 1 atom stereocenters. The van der Waals surface area contributed by atoms with Crippen LogP contribution >= 0.6 is 0 Å². The molecular weight excluding hydrogens is 312 g/mol. The zero-order valence-electron chi connectivity index (χ0n) is 14.8. The second kappa shape index (κ2) is 5.96. The third-order valence-electron chi connectivity index (χ3n) is 5.31. The van der Waals surface area contributed by atoms with Crippen LogP contribution in [0.3, 0.4) is 0 Å². The number of carbonyl (C=O) groups excluding carboxylic acids is 1. The van der Waals surface area contributed by atoms with Crippen LogP contribution in [0, 0.1) is 13.8 Å². The summed E-state index contributed by atoms with van der Waals surface area (Å²) in [6.07, 6.45) is 1.81. The number of ether oxygens (including phenoxy) is 1. The monoisotopic (exact) mass is 334 g/mol. The van der Waals surface area contributed by atoms with E-state index in [9.17, 15) is 4.79 Å². The van der Waals surface area contributed by atoms with E-state index in [0.29, 0.717) is 0 Å². The molecule has 0 fully saturated rings. The third-order valence-corrected chi connectivity index (χ3v) is 5.31. The minimum Gasteiger partial charge on any atom is -0.496 e. The maximum Gasteiger partial charge on any atom is 0.319 e. The Kier molecular flexibility index (Phi) is 3.75. The van der Waals surface area contributed by atoms with E-state index in [-0.39, 0.29) is 12.1 Å². The summed E-state index contributed by atoms with van der Waals surface area (Å²) in [6, 6.07) is 12.2. The highest BCUT2D eigenvalue weighted by molar-refractivity contribution is 5.92. The number of nitrogens with one attached hydrogen (secondary N) is 2. The molecule has 1 aliphatic heterocycles. The van der Waals surface area contributed by atoms with E-state index in [1.165, 1.54) is 22.3 Å². The SMILES string of the molecule is COc1cccc2c1CCC1=C2NC(=O)NC1c1ccc(C)c(C)c1. The standard InChI is InChI=1S/C21H22N2O2/c1-12-7-8-14(11-13(12)2)19-17-10-9-15-16(5-4-6-18(15)25-3)20(17)23-21(24)22-19/h4-8,11,19H,9-10H2,1-3H3,(H2,22,23,24). The molecular formula is C21H22N2O2. The second-order valence-electron chi connectivity index (χ2n) is 6.76. The molecule has 0 radical (unpaired) electrons. The van der Waals surface area contributed by atoms with E-state index >= 15 is 0 Å². The zero-order chi connectivity index (χ0) is 17.6. The first-order valence-corrected chi connectivity index (χ1v) is 8.62. The minimum absolute atomic E-state index is 0.0811. The van der Waals surface area contributed by atoms with Crippen LogP contribution in [0.5, 0.6) is 5.75 Å². The number of urea groups is 1.